The normalized spacial score (nSPS) is 11.4. The predicted molar refractivity (Wildman–Crippen MR) is 147 cm³/mol. The van der Waals surface area contributed by atoms with Crippen molar-refractivity contribution in [1.82, 2.24) is 18.6 Å². The van der Waals surface area contributed by atoms with Crippen molar-refractivity contribution in [2.75, 3.05) is 36.9 Å². The van der Waals surface area contributed by atoms with Crippen LogP contribution in [0.1, 0.15) is 23.0 Å². The van der Waals surface area contributed by atoms with Crippen molar-refractivity contribution in [1.29, 1.82) is 0 Å². The molecule has 0 aliphatic carbocycles. The number of halogens is 3. The molecule has 2 amide bonds. The number of benzene rings is 2. The molecule has 0 bridgehead atoms. The molecular formula is C24H23F3N6O3S3. The number of ether oxygens (including phenoxy) is 1. The summed E-state index contributed by atoms with van der Waals surface area (Å²) in [5, 5.41) is 5.13. The molecule has 0 fully saturated rings. The standard InChI is InChI=1S/C24H23F3N6O3S3/c1-3-33(11-10-32(2)23(35)36-13-15-4-7-17(8-5-15)38-24(25,26)27)22-29-20(14-37-22)21(34)28-16-6-9-18-19(12-16)31-39-30-18/h4-9,12,14H,3,10-11,13H2,1-2H3,(H,28,34). The van der Waals surface area contributed by atoms with Crippen LogP contribution in [-0.2, 0) is 11.3 Å². The Hall–Kier alpha value is -3.43. The van der Waals surface area contributed by atoms with Gasteiger partial charge in [0, 0.05) is 42.6 Å². The van der Waals surface area contributed by atoms with E-state index in [0.717, 1.165) is 17.2 Å². The number of nitrogens with one attached hydrogen (secondary N) is 1. The second-order valence-electron chi connectivity index (χ2n) is 8.18. The van der Waals surface area contributed by atoms with E-state index in [9.17, 15) is 22.8 Å². The zero-order chi connectivity index (χ0) is 28.0. The van der Waals surface area contributed by atoms with Gasteiger partial charge in [-0.05, 0) is 54.6 Å². The first-order valence-electron chi connectivity index (χ1n) is 11.6. The van der Waals surface area contributed by atoms with Gasteiger partial charge in [-0.3, -0.25) is 4.79 Å². The number of hydrogen-bond donors (Lipinski definition) is 1. The highest BCUT2D eigenvalue weighted by atomic mass is 32.2. The SMILES string of the molecule is CCN(CCN(C)C(=O)OCc1ccc(SC(F)(F)F)cc1)c1nc(C(=O)Nc2ccc3nsnc3c2)cs1. The first-order chi connectivity index (χ1) is 18.6. The van der Waals surface area contributed by atoms with Crippen LogP contribution in [0.5, 0.6) is 0 Å². The lowest BCUT2D eigenvalue weighted by Gasteiger charge is -2.23. The zero-order valence-electron chi connectivity index (χ0n) is 20.8. The van der Waals surface area contributed by atoms with E-state index < -0.39 is 11.6 Å². The van der Waals surface area contributed by atoms with Crippen LogP contribution in [-0.4, -0.2) is 62.8 Å². The fraction of sp³-hybridized carbons (Fsp3) is 0.292. The first kappa shape index (κ1) is 28.6. The highest BCUT2D eigenvalue weighted by molar-refractivity contribution is 8.00. The predicted octanol–water partition coefficient (Wildman–Crippen LogP) is 6.11. The smallest absolute Gasteiger partial charge is 0.445 e. The molecule has 4 rings (SSSR count). The van der Waals surface area contributed by atoms with Gasteiger partial charge in [-0.15, -0.1) is 11.3 Å². The number of hydrogen-bond acceptors (Lipinski definition) is 10. The second-order valence-corrected chi connectivity index (χ2v) is 10.7. The molecule has 0 atom stereocenters. The van der Waals surface area contributed by atoms with Crippen molar-refractivity contribution in [3.63, 3.8) is 0 Å². The number of thiazole rings is 1. The molecule has 1 N–H and O–H groups in total. The summed E-state index contributed by atoms with van der Waals surface area (Å²) < 4.78 is 51.0. The topological polar surface area (TPSA) is 101 Å². The minimum Gasteiger partial charge on any atom is -0.445 e. The molecule has 39 heavy (non-hydrogen) atoms. The molecule has 9 nitrogen and oxygen atoms in total. The van der Waals surface area contributed by atoms with Crippen LogP contribution in [0.25, 0.3) is 11.0 Å². The number of carbonyl (C=O) groups excluding carboxylic acids is 2. The molecule has 0 radical (unpaired) electrons. The third-order valence-corrected chi connectivity index (χ3v) is 7.62. The van der Waals surface area contributed by atoms with Crippen molar-refractivity contribution in [3.05, 3.63) is 59.1 Å². The Labute approximate surface area is 234 Å². The molecule has 2 aromatic heterocycles. The maximum atomic E-state index is 12.7. The van der Waals surface area contributed by atoms with Gasteiger partial charge in [-0.2, -0.15) is 21.9 Å². The van der Waals surface area contributed by atoms with Crippen LogP contribution in [0.15, 0.2) is 52.7 Å². The van der Waals surface area contributed by atoms with Gasteiger partial charge in [0.05, 0.1) is 11.7 Å². The number of likely N-dealkylation sites (N-methyl/N-ethyl adjacent to an activating group) is 2. The van der Waals surface area contributed by atoms with E-state index in [0.29, 0.717) is 41.5 Å². The van der Waals surface area contributed by atoms with Gasteiger partial charge in [0.25, 0.3) is 5.91 Å². The molecule has 0 aliphatic heterocycles. The summed E-state index contributed by atoms with van der Waals surface area (Å²) in [6.07, 6.45) is -0.564. The Morgan fingerprint density at radius 3 is 2.54 bits per heavy atom. The lowest BCUT2D eigenvalue weighted by Crippen LogP contribution is -2.36. The minimum absolute atomic E-state index is 0.0610. The van der Waals surface area contributed by atoms with E-state index in [4.69, 9.17) is 4.74 Å². The summed E-state index contributed by atoms with van der Waals surface area (Å²) in [5.41, 5.74) is -1.44. The lowest BCUT2D eigenvalue weighted by molar-refractivity contribution is -0.0328. The van der Waals surface area contributed by atoms with Gasteiger partial charge in [0.15, 0.2) is 5.13 Å². The van der Waals surface area contributed by atoms with E-state index in [1.807, 2.05) is 11.8 Å². The Balaban J connectivity index is 1.25. The van der Waals surface area contributed by atoms with Crippen molar-refractivity contribution in [2.45, 2.75) is 23.9 Å². The Morgan fingerprint density at radius 2 is 1.82 bits per heavy atom. The van der Waals surface area contributed by atoms with E-state index in [1.54, 1.807) is 30.6 Å². The summed E-state index contributed by atoms with van der Waals surface area (Å²) in [5.74, 6) is -0.346. The number of carbonyl (C=O) groups is 2. The summed E-state index contributed by atoms with van der Waals surface area (Å²) in [7, 11) is 1.59. The van der Waals surface area contributed by atoms with Gasteiger partial charge in [0.1, 0.15) is 23.3 Å². The van der Waals surface area contributed by atoms with Crippen molar-refractivity contribution in [3.8, 4) is 0 Å². The van der Waals surface area contributed by atoms with E-state index in [-0.39, 0.29) is 34.9 Å². The van der Waals surface area contributed by atoms with Crippen LogP contribution in [0.2, 0.25) is 0 Å². The van der Waals surface area contributed by atoms with Crippen LogP contribution in [0.4, 0.5) is 28.8 Å². The van der Waals surface area contributed by atoms with Gasteiger partial charge >= 0.3 is 11.6 Å². The highest BCUT2D eigenvalue weighted by Crippen LogP contribution is 2.36. The lowest BCUT2D eigenvalue weighted by atomic mass is 10.2. The van der Waals surface area contributed by atoms with Gasteiger partial charge < -0.3 is 19.9 Å². The van der Waals surface area contributed by atoms with E-state index in [1.165, 1.54) is 40.5 Å². The zero-order valence-corrected chi connectivity index (χ0v) is 23.2. The Bertz CT molecular complexity index is 1430. The molecule has 0 saturated carbocycles. The number of amides is 2. The first-order valence-corrected chi connectivity index (χ1v) is 14.0. The number of anilines is 2. The number of nitrogens with zero attached hydrogens (tertiary/aromatic N) is 5. The monoisotopic (exact) mass is 596 g/mol. The molecular weight excluding hydrogens is 573 g/mol. The molecule has 2 heterocycles. The summed E-state index contributed by atoms with van der Waals surface area (Å²) >= 11 is 2.23. The highest BCUT2D eigenvalue weighted by Gasteiger charge is 2.29. The minimum atomic E-state index is -4.36. The molecule has 0 unspecified atom stereocenters. The van der Waals surface area contributed by atoms with E-state index >= 15 is 0 Å². The molecule has 0 aliphatic rings. The van der Waals surface area contributed by atoms with Gasteiger partial charge in [-0.25, -0.2) is 9.78 Å². The fourth-order valence-corrected chi connectivity index (χ4v) is 5.32. The summed E-state index contributed by atoms with van der Waals surface area (Å²) in [4.78, 5) is 33.0. The average molecular weight is 597 g/mol. The largest absolute Gasteiger partial charge is 0.446 e. The molecule has 0 spiro atoms. The number of fused-ring (bicyclic) bond motifs is 1. The molecule has 206 valence electrons. The van der Waals surface area contributed by atoms with Crippen molar-refractivity contribution >= 4 is 68.7 Å². The van der Waals surface area contributed by atoms with Gasteiger partial charge in [-0.1, -0.05) is 12.1 Å². The van der Waals surface area contributed by atoms with E-state index in [2.05, 4.69) is 19.0 Å². The summed E-state index contributed by atoms with van der Waals surface area (Å²) in [6.45, 7) is 3.27. The maximum absolute atomic E-state index is 12.7. The molecule has 4 aromatic rings. The van der Waals surface area contributed by atoms with Crippen LogP contribution < -0.4 is 10.2 Å². The number of thioether (sulfide) groups is 1. The molecule has 2 aromatic carbocycles. The fourth-order valence-electron chi connectivity index (χ4n) is 3.36. The number of rotatable bonds is 10. The second kappa shape index (κ2) is 12.6. The average Bonchev–Trinajstić information content (AvgIpc) is 3.57. The van der Waals surface area contributed by atoms with Crippen LogP contribution in [0.3, 0.4) is 0 Å². The Morgan fingerprint density at radius 1 is 1.08 bits per heavy atom. The van der Waals surface area contributed by atoms with Crippen molar-refractivity contribution in [2.24, 2.45) is 0 Å². The Kier molecular flexibility index (Phi) is 9.24. The third-order valence-electron chi connectivity index (χ3n) is 5.42. The van der Waals surface area contributed by atoms with Crippen LogP contribution in [0, 0.1) is 0 Å². The number of aromatic nitrogens is 3. The van der Waals surface area contributed by atoms with Gasteiger partial charge in [0.2, 0.25) is 0 Å². The number of alkyl halides is 3. The molecule has 15 heteroatoms. The maximum Gasteiger partial charge on any atom is 0.446 e. The third kappa shape index (κ3) is 8.03. The van der Waals surface area contributed by atoms with Crippen LogP contribution >= 0.6 is 34.8 Å². The quantitative estimate of drug-likeness (QED) is 0.219. The van der Waals surface area contributed by atoms with Crippen molar-refractivity contribution < 1.29 is 27.5 Å². The summed E-state index contributed by atoms with van der Waals surface area (Å²) in [6, 6.07) is 10.9. The molecule has 0 saturated heterocycles.